The third kappa shape index (κ3) is 2.51. The van der Waals surface area contributed by atoms with Crippen molar-refractivity contribution < 1.29 is 4.79 Å². The molecule has 1 aliphatic heterocycles. The lowest BCUT2D eigenvalue weighted by atomic mass is 10.0. The molecule has 3 unspecified atom stereocenters. The quantitative estimate of drug-likeness (QED) is 0.687. The summed E-state index contributed by atoms with van der Waals surface area (Å²) < 4.78 is 0. The van der Waals surface area contributed by atoms with Crippen LogP contribution in [0.1, 0.15) is 46.5 Å². The minimum atomic E-state index is -0.115. The fourth-order valence-corrected chi connectivity index (χ4v) is 2.81. The van der Waals surface area contributed by atoms with E-state index in [1.165, 1.54) is 19.3 Å². The fraction of sp³-hybridized carbons (Fsp3) is 0.917. The summed E-state index contributed by atoms with van der Waals surface area (Å²) >= 11 is 0. The van der Waals surface area contributed by atoms with Crippen molar-refractivity contribution in [2.45, 2.75) is 64.1 Å². The van der Waals surface area contributed by atoms with Gasteiger partial charge in [-0.25, -0.2) is 0 Å². The summed E-state index contributed by atoms with van der Waals surface area (Å²) in [5.74, 6) is 0.928. The average molecular weight is 210 g/mol. The van der Waals surface area contributed by atoms with Crippen LogP contribution in [0.5, 0.6) is 0 Å². The van der Waals surface area contributed by atoms with Crippen LogP contribution in [0, 0.1) is 5.92 Å². The first-order valence-electron chi connectivity index (χ1n) is 6.04. The van der Waals surface area contributed by atoms with E-state index >= 15 is 0 Å². The van der Waals surface area contributed by atoms with Gasteiger partial charge in [-0.1, -0.05) is 6.42 Å². The van der Waals surface area contributed by atoms with Crippen LogP contribution in [0.3, 0.4) is 0 Å². The molecule has 2 rings (SSSR count). The van der Waals surface area contributed by atoms with Crippen molar-refractivity contribution in [3.8, 4) is 0 Å². The van der Waals surface area contributed by atoms with E-state index in [2.05, 4.69) is 10.6 Å². The van der Waals surface area contributed by atoms with Gasteiger partial charge < -0.3 is 10.6 Å². The minimum Gasteiger partial charge on any atom is -0.350 e. The number of carbonyl (C=O) groups excluding carboxylic acids is 1. The Bertz CT molecular complexity index is 245. The molecule has 3 heteroatoms. The van der Waals surface area contributed by atoms with Crippen LogP contribution >= 0.6 is 0 Å². The van der Waals surface area contributed by atoms with Crippen molar-refractivity contribution in [2.24, 2.45) is 5.92 Å². The van der Waals surface area contributed by atoms with E-state index in [1.807, 2.05) is 20.8 Å². The number of carbonyl (C=O) groups is 1. The summed E-state index contributed by atoms with van der Waals surface area (Å²) in [6.07, 6.45) is 4.92. The normalized spacial score (nSPS) is 35.3. The van der Waals surface area contributed by atoms with Crippen LogP contribution in [0.15, 0.2) is 0 Å². The molecule has 0 spiro atoms. The summed E-state index contributed by atoms with van der Waals surface area (Å²) in [5, 5.41) is 6.51. The summed E-state index contributed by atoms with van der Waals surface area (Å²) in [5.41, 5.74) is -0.115. The molecule has 1 saturated heterocycles. The van der Waals surface area contributed by atoms with Crippen LogP contribution in [0.4, 0.5) is 0 Å². The molecule has 1 saturated carbocycles. The van der Waals surface area contributed by atoms with Crippen molar-refractivity contribution in [1.82, 2.24) is 10.6 Å². The van der Waals surface area contributed by atoms with Crippen molar-refractivity contribution >= 4 is 5.91 Å². The molecule has 0 bridgehead atoms. The Balaban J connectivity index is 1.88. The SMILES string of the molecule is CC(C)(C)NC(=O)C1CC2CCCC2N1. The lowest BCUT2D eigenvalue weighted by Gasteiger charge is -2.23. The highest BCUT2D eigenvalue weighted by Crippen LogP contribution is 2.34. The fourth-order valence-electron chi connectivity index (χ4n) is 2.81. The highest BCUT2D eigenvalue weighted by atomic mass is 16.2. The number of hydrogen-bond donors (Lipinski definition) is 2. The van der Waals surface area contributed by atoms with Gasteiger partial charge in [-0.05, 0) is 46.0 Å². The molecule has 0 aromatic carbocycles. The molecule has 1 aliphatic carbocycles. The molecule has 0 aromatic rings. The summed E-state index contributed by atoms with van der Waals surface area (Å²) in [7, 11) is 0. The van der Waals surface area contributed by atoms with Gasteiger partial charge in [-0.3, -0.25) is 4.79 Å². The molecule has 1 amide bonds. The van der Waals surface area contributed by atoms with Gasteiger partial charge in [0.15, 0.2) is 0 Å². The van der Waals surface area contributed by atoms with Crippen molar-refractivity contribution in [3.63, 3.8) is 0 Å². The summed E-state index contributed by atoms with van der Waals surface area (Å²) in [6, 6.07) is 0.667. The maximum Gasteiger partial charge on any atom is 0.237 e. The third-order valence-electron chi connectivity index (χ3n) is 3.43. The van der Waals surface area contributed by atoms with E-state index in [9.17, 15) is 4.79 Å². The van der Waals surface area contributed by atoms with Gasteiger partial charge in [-0.2, -0.15) is 0 Å². The van der Waals surface area contributed by atoms with Gasteiger partial charge in [0.1, 0.15) is 0 Å². The van der Waals surface area contributed by atoms with Crippen molar-refractivity contribution in [3.05, 3.63) is 0 Å². The van der Waals surface area contributed by atoms with Gasteiger partial charge in [-0.15, -0.1) is 0 Å². The molecular formula is C12H22N2O. The Kier molecular flexibility index (Phi) is 2.75. The Morgan fingerprint density at radius 1 is 1.33 bits per heavy atom. The van der Waals surface area contributed by atoms with Gasteiger partial charge >= 0.3 is 0 Å². The van der Waals surface area contributed by atoms with E-state index in [0.29, 0.717) is 6.04 Å². The first-order valence-corrected chi connectivity index (χ1v) is 6.04. The van der Waals surface area contributed by atoms with Crippen LogP contribution in [-0.4, -0.2) is 23.5 Å². The molecule has 3 atom stereocenters. The van der Waals surface area contributed by atoms with Crippen molar-refractivity contribution in [1.29, 1.82) is 0 Å². The largest absolute Gasteiger partial charge is 0.350 e. The molecule has 0 aromatic heterocycles. The molecule has 86 valence electrons. The van der Waals surface area contributed by atoms with Gasteiger partial charge in [0.2, 0.25) is 5.91 Å². The average Bonchev–Trinajstić information content (AvgIpc) is 2.56. The van der Waals surface area contributed by atoms with Gasteiger partial charge in [0.25, 0.3) is 0 Å². The molecular weight excluding hydrogens is 188 g/mol. The van der Waals surface area contributed by atoms with E-state index in [0.717, 1.165) is 12.3 Å². The maximum atomic E-state index is 11.9. The Morgan fingerprint density at radius 2 is 2.07 bits per heavy atom. The second-order valence-electron chi connectivity index (χ2n) is 5.99. The smallest absolute Gasteiger partial charge is 0.237 e. The molecule has 15 heavy (non-hydrogen) atoms. The number of fused-ring (bicyclic) bond motifs is 1. The number of amides is 1. The van der Waals surface area contributed by atoms with E-state index in [4.69, 9.17) is 0 Å². The van der Waals surface area contributed by atoms with Gasteiger partial charge in [0.05, 0.1) is 6.04 Å². The Labute approximate surface area is 92.0 Å². The lowest BCUT2D eigenvalue weighted by Crippen LogP contribution is -2.49. The second-order valence-corrected chi connectivity index (χ2v) is 5.99. The zero-order valence-corrected chi connectivity index (χ0v) is 9.97. The predicted octanol–water partition coefficient (Wildman–Crippen LogP) is 1.43. The highest BCUT2D eigenvalue weighted by molar-refractivity contribution is 5.82. The van der Waals surface area contributed by atoms with Crippen LogP contribution in [0.2, 0.25) is 0 Å². The maximum absolute atomic E-state index is 11.9. The number of hydrogen-bond acceptors (Lipinski definition) is 2. The van der Waals surface area contributed by atoms with E-state index in [-0.39, 0.29) is 17.5 Å². The molecule has 2 fully saturated rings. The van der Waals surface area contributed by atoms with E-state index in [1.54, 1.807) is 0 Å². The van der Waals surface area contributed by atoms with Crippen molar-refractivity contribution in [2.75, 3.05) is 0 Å². The zero-order valence-electron chi connectivity index (χ0n) is 9.97. The minimum absolute atomic E-state index is 0.0551. The highest BCUT2D eigenvalue weighted by Gasteiger charge is 2.40. The van der Waals surface area contributed by atoms with Gasteiger partial charge in [0, 0.05) is 11.6 Å². The molecule has 3 nitrogen and oxygen atoms in total. The Hall–Kier alpha value is -0.570. The standard InChI is InChI=1S/C12H22N2O/c1-12(2,3)14-11(15)10-7-8-5-4-6-9(8)13-10/h8-10,13H,4-7H2,1-3H3,(H,14,15). The summed E-state index contributed by atoms with van der Waals surface area (Å²) in [6.45, 7) is 6.09. The number of rotatable bonds is 1. The molecule has 2 aliphatic rings. The van der Waals surface area contributed by atoms with E-state index < -0.39 is 0 Å². The molecule has 0 radical (unpaired) electrons. The predicted molar refractivity (Wildman–Crippen MR) is 60.6 cm³/mol. The second kappa shape index (κ2) is 3.78. The molecule has 1 heterocycles. The first-order chi connectivity index (χ1) is 6.96. The third-order valence-corrected chi connectivity index (χ3v) is 3.43. The Morgan fingerprint density at radius 3 is 2.67 bits per heavy atom. The lowest BCUT2D eigenvalue weighted by molar-refractivity contribution is -0.124. The summed E-state index contributed by atoms with van der Waals surface area (Å²) in [4.78, 5) is 11.9. The monoisotopic (exact) mass is 210 g/mol. The number of nitrogens with one attached hydrogen (secondary N) is 2. The molecule has 2 N–H and O–H groups in total. The van der Waals surface area contributed by atoms with Crippen LogP contribution < -0.4 is 10.6 Å². The van der Waals surface area contributed by atoms with Crippen LogP contribution in [-0.2, 0) is 4.79 Å². The topological polar surface area (TPSA) is 41.1 Å². The van der Waals surface area contributed by atoms with Crippen LogP contribution in [0.25, 0.3) is 0 Å². The first kappa shape index (κ1) is 10.9. The zero-order chi connectivity index (χ0) is 11.1.